The molecule has 0 bridgehead atoms. The summed E-state index contributed by atoms with van der Waals surface area (Å²) in [5, 5.41) is 0. The van der Waals surface area contributed by atoms with E-state index < -0.39 is 0 Å². The molecule has 21 heavy (non-hydrogen) atoms. The monoisotopic (exact) mass is 288 g/mol. The molecule has 0 aromatic heterocycles. The van der Waals surface area contributed by atoms with Gasteiger partial charge in [0.2, 0.25) is 0 Å². The molecule has 0 aliphatic heterocycles. The van der Waals surface area contributed by atoms with Gasteiger partial charge in [-0.2, -0.15) is 0 Å². The van der Waals surface area contributed by atoms with Gasteiger partial charge >= 0.3 is 0 Å². The van der Waals surface area contributed by atoms with E-state index in [1.807, 2.05) is 24.0 Å². The first-order valence-corrected chi connectivity index (χ1v) is 7.99. The third-order valence-electron chi connectivity index (χ3n) is 4.21. The van der Waals surface area contributed by atoms with Crippen LogP contribution in [0.1, 0.15) is 43.0 Å². The number of carbonyl (C=O) groups is 1. The Morgan fingerprint density at radius 1 is 1.24 bits per heavy atom. The summed E-state index contributed by atoms with van der Waals surface area (Å²) in [4.78, 5) is 15.0. The number of ether oxygens (including phenoxy) is 1. The minimum atomic E-state index is 0.0374. The third-order valence-corrected chi connectivity index (χ3v) is 4.21. The van der Waals surface area contributed by atoms with E-state index in [0.717, 1.165) is 13.1 Å². The molecule has 1 aromatic carbocycles. The van der Waals surface area contributed by atoms with Crippen molar-refractivity contribution < 1.29 is 9.53 Å². The number of benzene rings is 1. The zero-order valence-electron chi connectivity index (χ0n) is 12.7. The zero-order chi connectivity index (χ0) is 14.8. The van der Waals surface area contributed by atoms with Crippen LogP contribution in [0.3, 0.4) is 0 Å². The van der Waals surface area contributed by atoms with Gasteiger partial charge < -0.3 is 15.4 Å². The van der Waals surface area contributed by atoms with Gasteiger partial charge in [-0.25, -0.2) is 0 Å². The van der Waals surface area contributed by atoms with Crippen LogP contribution in [0.4, 0.5) is 5.69 Å². The molecule has 0 spiro atoms. The predicted octanol–water partition coefficient (Wildman–Crippen LogP) is 2.93. The van der Waals surface area contributed by atoms with E-state index in [1.54, 1.807) is 6.07 Å². The highest BCUT2D eigenvalue weighted by Crippen LogP contribution is 2.35. The van der Waals surface area contributed by atoms with Crippen molar-refractivity contribution in [2.45, 2.75) is 32.6 Å². The molecule has 114 valence electrons. The summed E-state index contributed by atoms with van der Waals surface area (Å²) in [5.74, 6) is 2.02. The number of nitrogen functional groups attached to an aromatic ring is 1. The molecule has 0 atom stereocenters. The summed E-state index contributed by atoms with van der Waals surface area (Å²) >= 11 is 0. The minimum absolute atomic E-state index is 0.0374. The number of nitrogens with zero attached hydrogens (tertiary/aromatic N) is 1. The van der Waals surface area contributed by atoms with Gasteiger partial charge in [0, 0.05) is 18.8 Å². The van der Waals surface area contributed by atoms with Crippen molar-refractivity contribution in [2.24, 2.45) is 11.8 Å². The molecule has 1 amide bonds. The molecule has 2 fully saturated rings. The standard InChI is InChI=1S/C17H24N2O2/c1-2-21-15-5-3-4-14(18)16(15)17(20)19(10-12-6-7-12)11-13-8-9-13/h3-5,12-13H,2,6-11,18H2,1H3. The highest BCUT2D eigenvalue weighted by molar-refractivity contribution is 6.02. The number of hydrogen-bond donors (Lipinski definition) is 1. The van der Waals surface area contributed by atoms with Crippen LogP contribution in [0.5, 0.6) is 5.75 Å². The summed E-state index contributed by atoms with van der Waals surface area (Å²) in [6.45, 7) is 4.20. The number of anilines is 1. The Kier molecular flexibility index (Phi) is 4.04. The van der Waals surface area contributed by atoms with Crippen molar-refractivity contribution in [1.29, 1.82) is 0 Å². The Morgan fingerprint density at radius 3 is 2.38 bits per heavy atom. The van der Waals surface area contributed by atoms with E-state index in [9.17, 15) is 4.79 Å². The van der Waals surface area contributed by atoms with Gasteiger partial charge in [0.1, 0.15) is 11.3 Å². The lowest BCUT2D eigenvalue weighted by Crippen LogP contribution is -2.35. The van der Waals surface area contributed by atoms with Crippen molar-refractivity contribution in [3.8, 4) is 5.75 Å². The topological polar surface area (TPSA) is 55.6 Å². The molecule has 3 rings (SSSR count). The van der Waals surface area contributed by atoms with Crippen LogP contribution < -0.4 is 10.5 Å². The van der Waals surface area contributed by atoms with Crippen molar-refractivity contribution in [1.82, 2.24) is 4.90 Å². The third kappa shape index (κ3) is 3.49. The van der Waals surface area contributed by atoms with Crippen molar-refractivity contribution in [2.75, 3.05) is 25.4 Å². The summed E-state index contributed by atoms with van der Waals surface area (Å²) < 4.78 is 5.60. The van der Waals surface area contributed by atoms with E-state index in [0.29, 0.717) is 35.4 Å². The molecule has 2 N–H and O–H groups in total. The number of carbonyl (C=O) groups excluding carboxylic acids is 1. The van der Waals surface area contributed by atoms with Crippen LogP contribution in [-0.2, 0) is 0 Å². The molecule has 4 heteroatoms. The van der Waals surface area contributed by atoms with Crippen LogP contribution in [-0.4, -0.2) is 30.5 Å². The maximum Gasteiger partial charge on any atom is 0.259 e. The van der Waals surface area contributed by atoms with Crippen LogP contribution in [0, 0.1) is 11.8 Å². The number of rotatable bonds is 7. The Morgan fingerprint density at radius 2 is 1.86 bits per heavy atom. The fraction of sp³-hybridized carbons (Fsp3) is 0.588. The molecule has 0 saturated heterocycles. The second-order valence-electron chi connectivity index (χ2n) is 6.25. The molecule has 4 nitrogen and oxygen atoms in total. The Hall–Kier alpha value is -1.71. The quantitative estimate of drug-likeness (QED) is 0.785. The average Bonchev–Trinajstić information content (AvgIpc) is 3.33. The van der Waals surface area contributed by atoms with Gasteiger partial charge in [0.05, 0.1) is 6.61 Å². The van der Waals surface area contributed by atoms with Crippen LogP contribution in [0.2, 0.25) is 0 Å². The number of amides is 1. The first-order valence-electron chi connectivity index (χ1n) is 7.99. The molecule has 2 saturated carbocycles. The fourth-order valence-corrected chi connectivity index (χ4v) is 2.68. The average molecular weight is 288 g/mol. The van der Waals surface area contributed by atoms with Crippen LogP contribution in [0.25, 0.3) is 0 Å². The summed E-state index contributed by atoms with van der Waals surface area (Å²) in [7, 11) is 0. The van der Waals surface area contributed by atoms with Gasteiger partial charge in [-0.15, -0.1) is 0 Å². The van der Waals surface area contributed by atoms with Crippen molar-refractivity contribution >= 4 is 11.6 Å². The van der Waals surface area contributed by atoms with Crippen molar-refractivity contribution in [3.05, 3.63) is 23.8 Å². The highest BCUT2D eigenvalue weighted by Gasteiger charge is 2.33. The SMILES string of the molecule is CCOc1cccc(N)c1C(=O)N(CC1CC1)CC1CC1. The Balaban J connectivity index is 1.83. The maximum atomic E-state index is 13.0. The summed E-state index contributed by atoms with van der Waals surface area (Å²) in [5.41, 5.74) is 7.11. The first kappa shape index (κ1) is 14.2. The molecular formula is C17H24N2O2. The lowest BCUT2D eigenvalue weighted by molar-refractivity contribution is 0.0736. The number of nitrogens with two attached hydrogens (primary N) is 1. The summed E-state index contributed by atoms with van der Waals surface area (Å²) in [6.07, 6.45) is 4.99. The Labute approximate surface area is 126 Å². The Bertz CT molecular complexity index is 508. The minimum Gasteiger partial charge on any atom is -0.493 e. The molecule has 0 radical (unpaired) electrons. The van der Waals surface area contributed by atoms with Crippen molar-refractivity contribution in [3.63, 3.8) is 0 Å². The molecule has 0 unspecified atom stereocenters. The molecular weight excluding hydrogens is 264 g/mol. The second-order valence-corrected chi connectivity index (χ2v) is 6.25. The van der Waals surface area contributed by atoms with Gasteiger partial charge in [-0.05, 0) is 56.6 Å². The molecule has 2 aliphatic rings. The van der Waals surface area contributed by atoms with E-state index in [4.69, 9.17) is 10.5 Å². The second kappa shape index (κ2) is 5.96. The van der Waals surface area contributed by atoms with E-state index in [1.165, 1.54) is 25.7 Å². The fourth-order valence-electron chi connectivity index (χ4n) is 2.68. The smallest absolute Gasteiger partial charge is 0.259 e. The van der Waals surface area contributed by atoms with E-state index in [2.05, 4.69) is 0 Å². The molecule has 1 aromatic rings. The van der Waals surface area contributed by atoms with E-state index >= 15 is 0 Å². The lowest BCUT2D eigenvalue weighted by Gasteiger charge is -2.24. The van der Waals surface area contributed by atoms with Gasteiger partial charge in [-0.1, -0.05) is 6.07 Å². The maximum absolute atomic E-state index is 13.0. The zero-order valence-corrected chi connectivity index (χ0v) is 12.7. The van der Waals surface area contributed by atoms with E-state index in [-0.39, 0.29) is 5.91 Å². The number of hydrogen-bond acceptors (Lipinski definition) is 3. The van der Waals surface area contributed by atoms with Crippen LogP contribution >= 0.6 is 0 Å². The first-order chi connectivity index (χ1) is 10.2. The molecule has 2 aliphatic carbocycles. The molecule has 0 heterocycles. The van der Waals surface area contributed by atoms with Gasteiger partial charge in [-0.3, -0.25) is 4.79 Å². The largest absolute Gasteiger partial charge is 0.493 e. The normalized spacial score (nSPS) is 17.6. The highest BCUT2D eigenvalue weighted by atomic mass is 16.5. The van der Waals surface area contributed by atoms with Gasteiger partial charge in [0.15, 0.2) is 0 Å². The predicted molar refractivity (Wildman–Crippen MR) is 83.4 cm³/mol. The lowest BCUT2D eigenvalue weighted by atomic mass is 10.1. The summed E-state index contributed by atoms with van der Waals surface area (Å²) in [6, 6.07) is 5.45. The van der Waals surface area contributed by atoms with Crippen LogP contribution in [0.15, 0.2) is 18.2 Å². The van der Waals surface area contributed by atoms with Gasteiger partial charge in [0.25, 0.3) is 5.91 Å².